The van der Waals surface area contributed by atoms with E-state index in [-0.39, 0.29) is 23.7 Å². The van der Waals surface area contributed by atoms with E-state index in [9.17, 15) is 13.6 Å². The van der Waals surface area contributed by atoms with Gasteiger partial charge < -0.3 is 14.0 Å². The van der Waals surface area contributed by atoms with Crippen molar-refractivity contribution in [2.75, 3.05) is 0 Å². The lowest BCUT2D eigenvalue weighted by atomic mass is 10.2. The highest BCUT2D eigenvalue weighted by atomic mass is 19.3. The van der Waals surface area contributed by atoms with Crippen molar-refractivity contribution in [3.05, 3.63) is 46.6 Å². The number of aryl methyl sites for hydroxylation is 1. The van der Waals surface area contributed by atoms with E-state index in [1.54, 1.807) is 25.5 Å². The van der Waals surface area contributed by atoms with Gasteiger partial charge in [-0.25, -0.2) is 4.79 Å². The summed E-state index contributed by atoms with van der Waals surface area (Å²) in [6.07, 6.45) is -0.366. The van der Waals surface area contributed by atoms with Crippen LogP contribution in [0.3, 0.4) is 0 Å². The molecule has 1 aliphatic heterocycles. The number of rotatable bonds is 2. The molecular formula is C12H10F2N2O3. The summed E-state index contributed by atoms with van der Waals surface area (Å²) in [7, 11) is 1.64. The van der Waals surface area contributed by atoms with Crippen molar-refractivity contribution in [2.45, 2.75) is 12.8 Å². The third-order valence-corrected chi connectivity index (χ3v) is 2.84. The highest BCUT2D eigenvalue weighted by molar-refractivity contribution is 5.45. The number of benzene rings is 1. The lowest BCUT2D eigenvalue weighted by Gasteiger charge is -2.04. The fraction of sp³-hybridized carbons (Fsp3) is 0.250. The Labute approximate surface area is 106 Å². The van der Waals surface area contributed by atoms with Crippen LogP contribution in [0.15, 0.2) is 35.4 Å². The Bertz CT molecular complexity index is 691. The third kappa shape index (κ3) is 2.07. The number of nitrogens with zero attached hydrogens (tertiary/aromatic N) is 2. The van der Waals surface area contributed by atoms with Crippen LogP contribution in [0, 0.1) is 0 Å². The van der Waals surface area contributed by atoms with Crippen LogP contribution in [-0.2, 0) is 13.6 Å². The summed E-state index contributed by atoms with van der Waals surface area (Å²) in [5, 5.41) is 0. The standard InChI is InChI=1S/C12H10F2N2O3/c1-15-4-5-16(11(15)17)7-8-2-3-9-10(6-8)19-12(13,14)18-9/h2-6H,7H2,1H3. The predicted octanol–water partition coefficient (Wildman–Crippen LogP) is 1.56. The van der Waals surface area contributed by atoms with Gasteiger partial charge in [-0.05, 0) is 17.7 Å². The van der Waals surface area contributed by atoms with Gasteiger partial charge in [0.15, 0.2) is 11.5 Å². The molecule has 19 heavy (non-hydrogen) atoms. The van der Waals surface area contributed by atoms with Gasteiger partial charge in [0, 0.05) is 19.4 Å². The zero-order valence-corrected chi connectivity index (χ0v) is 9.97. The molecule has 100 valence electrons. The summed E-state index contributed by atoms with van der Waals surface area (Å²) < 4.78 is 37.3. The number of alkyl halides is 2. The molecule has 5 nitrogen and oxygen atoms in total. The molecule has 1 aliphatic rings. The molecule has 1 aromatic carbocycles. The third-order valence-electron chi connectivity index (χ3n) is 2.84. The van der Waals surface area contributed by atoms with Crippen LogP contribution in [0.5, 0.6) is 11.5 Å². The van der Waals surface area contributed by atoms with Crippen LogP contribution in [0.2, 0.25) is 0 Å². The van der Waals surface area contributed by atoms with Crippen molar-refractivity contribution < 1.29 is 18.3 Å². The van der Waals surface area contributed by atoms with E-state index >= 15 is 0 Å². The molecule has 0 fully saturated rings. The number of hydrogen-bond acceptors (Lipinski definition) is 3. The second kappa shape index (κ2) is 3.84. The van der Waals surface area contributed by atoms with Gasteiger partial charge in [-0.3, -0.25) is 4.57 Å². The van der Waals surface area contributed by atoms with Gasteiger partial charge in [0.05, 0.1) is 6.54 Å². The van der Waals surface area contributed by atoms with Crippen LogP contribution in [0.4, 0.5) is 8.78 Å². The Hall–Kier alpha value is -2.31. The second-order valence-corrected chi connectivity index (χ2v) is 4.27. The number of hydrogen-bond donors (Lipinski definition) is 0. The van der Waals surface area contributed by atoms with E-state index in [0.29, 0.717) is 5.56 Å². The van der Waals surface area contributed by atoms with E-state index in [1.165, 1.54) is 21.3 Å². The van der Waals surface area contributed by atoms with Gasteiger partial charge in [0.1, 0.15) is 0 Å². The van der Waals surface area contributed by atoms with Crippen molar-refractivity contribution in [1.29, 1.82) is 0 Å². The second-order valence-electron chi connectivity index (χ2n) is 4.27. The zero-order valence-electron chi connectivity index (χ0n) is 9.97. The fourth-order valence-corrected chi connectivity index (χ4v) is 1.92. The van der Waals surface area contributed by atoms with Crippen molar-refractivity contribution in [3.63, 3.8) is 0 Å². The van der Waals surface area contributed by atoms with E-state index < -0.39 is 6.29 Å². The molecule has 0 aliphatic carbocycles. The Morgan fingerprint density at radius 2 is 1.95 bits per heavy atom. The minimum absolute atomic E-state index is 0.00541. The Kier molecular flexibility index (Phi) is 2.38. The van der Waals surface area contributed by atoms with E-state index in [0.717, 1.165) is 0 Å². The van der Waals surface area contributed by atoms with Gasteiger partial charge in [-0.2, -0.15) is 0 Å². The summed E-state index contributed by atoms with van der Waals surface area (Å²) in [5.74, 6) is -0.0272. The van der Waals surface area contributed by atoms with Crippen molar-refractivity contribution in [1.82, 2.24) is 9.13 Å². The molecule has 7 heteroatoms. The number of imidazole rings is 1. The van der Waals surface area contributed by atoms with Gasteiger partial charge in [-0.1, -0.05) is 6.07 Å². The summed E-state index contributed by atoms with van der Waals surface area (Å²) in [6.45, 7) is 0.280. The first-order chi connectivity index (χ1) is 8.94. The fourth-order valence-electron chi connectivity index (χ4n) is 1.92. The number of aromatic nitrogens is 2. The average Bonchev–Trinajstić information content (AvgIpc) is 2.80. The summed E-state index contributed by atoms with van der Waals surface area (Å²) in [4.78, 5) is 11.7. The molecule has 1 aromatic heterocycles. The molecule has 2 aromatic rings. The molecule has 2 heterocycles. The molecule has 0 bridgehead atoms. The van der Waals surface area contributed by atoms with Gasteiger partial charge in [-0.15, -0.1) is 8.78 Å². The summed E-state index contributed by atoms with van der Waals surface area (Å²) in [5.41, 5.74) is 0.497. The maximum absolute atomic E-state index is 12.9. The quantitative estimate of drug-likeness (QED) is 0.830. The minimum Gasteiger partial charge on any atom is -0.395 e. The largest absolute Gasteiger partial charge is 0.586 e. The first-order valence-corrected chi connectivity index (χ1v) is 5.55. The van der Waals surface area contributed by atoms with Crippen molar-refractivity contribution >= 4 is 0 Å². The maximum atomic E-state index is 12.9. The molecule has 0 saturated heterocycles. The van der Waals surface area contributed by atoms with Gasteiger partial charge in [0.25, 0.3) is 0 Å². The first kappa shape index (κ1) is 11.8. The predicted molar refractivity (Wildman–Crippen MR) is 61.4 cm³/mol. The smallest absolute Gasteiger partial charge is 0.395 e. The normalized spacial score (nSPS) is 15.7. The molecule has 0 amide bonds. The highest BCUT2D eigenvalue weighted by Crippen LogP contribution is 2.41. The number of fused-ring (bicyclic) bond motifs is 1. The molecule has 0 atom stereocenters. The Morgan fingerprint density at radius 3 is 2.63 bits per heavy atom. The molecule has 0 radical (unpaired) electrons. The van der Waals surface area contributed by atoms with Crippen LogP contribution < -0.4 is 15.2 Å². The highest BCUT2D eigenvalue weighted by Gasteiger charge is 2.43. The average molecular weight is 268 g/mol. The number of ether oxygens (including phenoxy) is 2. The number of halogens is 2. The monoisotopic (exact) mass is 268 g/mol. The first-order valence-electron chi connectivity index (χ1n) is 5.55. The lowest BCUT2D eigenvalue weighted by molar-refractivity contribution is -0.286. The molecule has 0 unspecified atom stereocenters. The van der Waals surface area contributed by atoms with E-state index in [2.05, 4.69) is 9.47 Å². The summed E-state index contributed by atoms with van der Waals surface area (Å²) >= 11 is 0. The minimum atomic E-state index is -3.62. The lowest BCUT2D eigenvalue weighted by Crippen LogP contribution is -2.25. The van der Waals surface area contributed by atoms with Crippen LogP contribution >= 0.6 is 0 Å². The molecule has 0 saturated carbocycles. The molecule has 3 rings (SSSR count). The van der Waals surface area contributed by atoms with E-state index in [4.69, 9.17) is 0 Å². The van der Waals surface area contributed by atoms with Crippen LogP contribution in [-0.4, -0.2) is 15.4 Å². The van der Waals surface area contributed by atoms with Gasteiger partial charge >= 0.3 is 12.0 Å². The van der Waals surface area contributed by atoms with Crippen molar-refractivity contribution in [2.24, 2.45) is 7.05 Å². The van der Waals surface area contributed by atoms with Crippen LogP contribution in [0.25, 0.3) is 0 Å². The maximum Gasteiger partial charge on any atom is 0.586 e. The Balaban J connectivity index is 1.89. The SMILES string of the molecule is Cn1ccn(Cc2ccc3c(c2)OC(F)(F)O3)c1=O. The molecule has 0 spiro atoms. The van der Waals surface area contributed by atoms with Crippen molar-refractivity contribution in [3.8, 4) is 11.5 Å². The molecule has 0 N–H and O–H groups in total. The van der Waals surface area contributed by atoms with E-state index in [1.807, 2.05) is 0 Å². The molecular weight excluding hydrogens is 258 g/mol. The Morgan fingerprint density at radius 1 is 1.21 bits per heavy atom. The van der Waals surface area contributed by atoms with Gasteiger partial charge in [0.2, 0.25) is 0 Å². The van der Waals surface area contributed by atoms with Crippen LogP contribution in [0.1, 0.15) is 5.56 Å². The zero-order chi connectivity index (χ0) is 13.6. The topological polar surface area (TPSA) is 45.4 Å². The summed E-state index contributed by atoms with van der Waals surface area (Å²) in [6, 6.07) is 4.46.